The number of likely N-dealkylation sites (tertiary alicyclic amines) is 1. The van der Waals surface area contributed by atoms with E-state index in [1.54, 1.807) is 4.90 Å². The summed E-state index contributed by atoms with van der Waals surface area (Å²) < 4.78 is 6.56. The molecule has 7 nitrogen and oxygen atoms in total. The summed E-state index contributed by atoms with van der Waals surface area (Å²) in [6.07, 6.45) is 5.56. The number of benzene rings is 2. The molecule has 0 radical (unpaired) electrons. The molecule has 36 heavy (non-hydrogen) atoms. The van der Waals surface area contributed by atoms with Crippen LogP contribution < -0.4 is 10.1 Å². The number of fused-ring (bicyclic) bond motifs is 3. The Morgan fingerprint density at radius 2 is 1.78 bits per heavy atom. The van der Waals surface area contributed by atoms with E-state index in [1.165, 1.54) is 12.0 Å². The van der Waals surface area contributed by atoms with Gasteiger partial charge in [0, 0.05) is 30.6 Å². The molecule has 3 atom stereocenters. The third-order valence-corrected chi connectivity index (χ3v) is 9.26. The van der Waals surface area contributed by atoms with Gasteiger partial charge in [0.25, 0.3) is 11.8 Å². The smallest absolute Gasteiger partial charge is 0.255 e. The maximum atomic E-state index is 13.2. The van der Waals surface area contributed by atoms with Gasteiger partial charge < -0.3 is 9.64 Å². The fraction of sp³-hybridized carbons (Fsp3) is 0.483. The molecule has 0 unspecified atom stereocenters. The van der Waals surface area contributed by atoms with Gasteiger partial charge in [-0.15, -0.1) is 0 Å². The van der Waals surface area contributed by atoms with Crippen LogP contribution in [-0.4, -0.2) is 58.3 Å². The molecule has 2 saturated carbocycles. The minimum Gasteiger partial charge on any atom is -0.489 e. The van der Waals surface area contributed by atoms with Crippen molar-refractivity contribution < 1.29 is 19.1 Å². The van der Waals surface area contributed by atoms with Crippen LogP contribution in [0.1, 0.15) is 65.9 Å². The van der Waals surface area contributed by atoms with Crippen molar-refractivity contribution in [1.82, 2.24) is 15.1 Å². The van der Waals surface area contributed by atoms with E-state index in [-0.39, 0.29) is 29.7 Å². The molecule has 4 aliphatic heterocycles. The number of hydrogen-bond acceptors (Lipinski definition) is 5. The van der Waals surface area contributed by atoms with Crippen molar-refractivity contribution in [3.63, 3.8) is 0 Å². The summed E-state index contributed by atoms with van der Waals surface area (Å²) in [5.41, 5.74) is 2.09. The van der Waals surface area contributed by atoms with E-state index in [0.717, 1.165) is 43.7 Å². The van der Waals surface area contributed by atoms with E-state index in [9.17, 15) is 14.4 Å². The molecule has 2 aromatic rings. The highest BCUT2D eigenvalue weighted by atomic mass is 16.5. The first-order valence-corrected chi connectivity index (χ1v) is 13.3. The molecule has 2 aromatic carbocycles. The lowest BCUT2D eigenvalue weighted by molar-refractivity contribution is -0.160. The number of nitrogens with one attached hydrogen (secondary N) is 1. The number of piperidine rings is 2. The van der Waals surface area contributed by atoms with Gasteiger partial charge in [-0.3, -0.25) is 24.6 Å². The van der Waals surface area contributed by atoms with E-state index in [1.807, 2.05) is 18.2 Å². The number of rotatable bonds is 5. The minimum absolute atomic E-state index is 0.123. The molecule has 4 heterocycles. The predicted molar refractivity (Wildman–Crippen MR) is 132 cm³/mol. The molecule has 2 aliphatic carbocycles. The van der Waals surface area contributed by atoms with Crippen molar-refractivity contribution >= 4 is 17.7 Å². The van der Waals surface area contributed by atoms with Crippen LogP contribution in [0.15, 0.2) is 48.5 Å². The third kappa shape index (κ3) is 3.32. The van der Waals surface area contributed by atoms with Gasteiger partial charge in [-0.1, -0.05) is 30.3 Å². The number of carbonyl (C=O) groups excluding carboxylic acids is 3. The maximum Gasteiger partial charge on any atom is 0.255 e. The maximum absolute atomic E-state index is 13.2. The summed E-state index contributed by atoms with van der Waals surface area (Å²) in [5, 5.41) is 2.45. The predicted octanol–water partition coefficient (Wildman–Crippen LogP) is 3.24. The van der Waals surface area contributed by atoms with Crippen molar-refractivity contribution in [2.24, 2.45) is 5.92 Å². The van der Waals surface area contributed by atoms with Crippen LogP contribution in [0.25, 0.3) is 0 Å². The number of hydrogen-bond donors (Lipinski definition) is 1. The monoisotopic (exact) mass is 485 g/mol. The fourth-order valence-electron chi connectivity index (χ4n) is 7.24. The minimum atomic E-state index is -0.878. The first kappa shape index (κ1) is 22.0. The highest BCUT2D eigenvalue weighted by Gasteiger charge is 2.63. The summed E-state index contributed by atoms with van der Waals surface area (Å²) >= 11 is 0. The highest BCUT2D eigenvalue weighted by Crippen LogP contribution is 2.49. The van der Waals surface area contributed by atoms with Crippen LogP contribution >= 0.6 is 0 Å². The summed E-state index contributed by atoms with van der Waals surface area (Å²) in [7, 11) is 0. The van der Waals surface area contributed by atoms with Crippen LogP contribution in [0.4, 0.5) is 0 Å². The van der Waals surface area contributed by atoms with Crippen LogP contribution in [0.3, 0.4) is 0 Å². The second-order valence-electron chi connectivity index (χ2n) is 11.2. The van der Waals surface area contributed by atoms with Crippen LogP contribution in [0.2, 0.25) is 0 Å². The van der Waals surface area contributed by atoms with E-state index in [0.29, 0.717) is 36.9 Å². The number of carbonyl (C=O) groups is 3. The van der Waals surface area contributed by atoms with Crippen molar-refractivity contribution in [3.05, 3.63) is 65.2 Å². The van der Waals surface area contributed by atoms with E-state index >= 15 is 0 Å². The van der Waals surface area contributed by atoms with Crippen molar-refractivity contribution in [2.75, 3.05) is 13.1 Å². The lowest BCUT2D eigenvalue weighted by Gasteiger charge is -2.53. The second-order valence-corrected chi connectivity index (χ2v) is 11.2. The Bertz CT molecular complexity index is 1240. The lowest BCUT2D eigenvalue weighted by Crippen LogP contribution is -2.73. The Labute approximate surface area is 210 Å². The van der Waals surface area contributed by atoms with Gasteiger partial charge in [-0.25, -0.2) is 0 Å². The summed E-state index contributed by atoms with van der Waals surface area (Å²) in [4.78, 5) is 42.0. The van der Waals surface area contributed by atoms with Crippen molar-refractivity contribution in [2.45, 2.75) is 68.7 Å². The molecule has 6 aliphatic rings. The Hall–Kier alpha value is -3.19. The zero-order valence-corrected chi connectivity index (χ0v) is 20.3. The zero-order chi connectivity index (χ0) is 24.4. The van der Waals surface area contributed by atoms with Gasteiger partial charge in [0.15, 0.2) is 0 Å². The Balaban J connectivity index is 1.04. The lowest BCUT2D eigenvalue weighted by atomic mass is 9.63. The Morgan fingerprint density at radius 3 is 2.58 bits per heavy atom. The third-order valence-electron chi connectivity index (χ3n) is 9.26. The van der Waals surface area contributed by atoms with E-state index in [2.05, 4.69) is 40.5 Å². The van der Waals surface area contributed by atoms with Crippen LogP contribution in [-0.2, 0) is 16.1 Å². The Kier molecular flexibility index (Phi) is 5.00. The molecule has 186 valence electrons. The van der Waals surface area contributed by atoms with Gasteiger partial charge in [-0.05, 0) is 80.3 Å². The molecular formula is C29H31N3O4. The Morgan fingerprint density at radius 1 is 0.944 bits per heavy atom. The number of ether oxygens (including phenoxy) is 1. The number of imide groups is 1. The first-order valence-electron chi connectivity index (χ1n) is 13.3. The topological polar surface area (TPSA) is 79.0 Å². The summed E-state index contributed by atoms with van der Waals surface area (Å²) in [6.45, 7) is 2.57. The van der Waals surface area contributed by atoms with Gasteiger partial charge in [0.05, 0.1) is 0 Å². The largest absolute Gasteiger partial charge is 0.489 e. The molecule has 3 saturated heterocycles. The van der Waals surface area contributed by atoms with Crippen molar-refractivity contribution in [3.8, 4) is 5.75 Å². The second kappa shape index (κ2) is 8.17. The standard InChI is InChI=1S/C29H31N3O4/c33-26-21-14-29(15-21,28(35)30-26)32-17-20-13-22(9-10-23(20)27(32)34)36-25-8-4-7-24(25)31-12-11-19(16-31)18-5-2-1-3-6-18/h1-3,5-6,9-10,13,19,21,24-25H,4,7-8,11-12,14-17H2,(H,30,33,35)/t19-,21?,24+,25-,29?/m1/s1. The first-order chi connectivity index (χ1) is 17.5. The number of nitrogens with zero attached hydrogens (tertiary/aromatic N) is 2. The average Bonchev–Trinajstić information content (AvgIpc) is 3.58. The molecule has 8 rings (SSSR count). The van der Waals surface area contributed by atoms with E-state index in [4.69, 9.17) is 4.74 Å². The normalized spacial score (nSPS) is 33.4. The highest BCUT2D eigenvalue weighted by molar-refractivity contribution is 6.10. The van der Waals surface area contributed by atoms with Gasteiger partial charge >= 0.3 is 0 Å². The SMILES string of the molecule is O=C1NC(=O)C2(N3Cc4cc(O[C@@H]5CCC[C@@H]5N5CC[C@@H](c6ccccc6)C5)ccc4C3=O)CC1C2. The van der Waals surface area contributed by atoms with Crippen LogP contribution in [0, 0.1) is 5.92 Å². The molecule has 7 heteroatoms. The number of amides is 3. The van der Waals surface area contributed by atoms with Crippen molar-refractivity contribution in [1.29, 1.82) is 0 Å². The molecule has 1 N–H and O–H groups in total. The molecular weight excluding hydrogens is 454 g/mol. The van der Waals surface area contributed by atoms with E-state index < -0.39 is 5.54 Å². The fourth-order valence-corrected chi connectivity index (χ4v) is 7.24. The van der Waals surface area contributed by atoms with Gasteiger partial charge in [0.2, 0.25) is 5.91 Å². The quantitative estimate of drug-likeness (QED) is 0.658. The van der Waals surface area contributed by atoms with Gasteiger partial charge in [-0.2, -0.15) is 0 Å². The van der Waals surface area contributed by atoms with Crippen LogP contribution in [0.5, 0.6) is 5.75 Å². The molecule has 5 fully saturated rings. The summed E-state index contributed by atoms with van der Waals surface area (Å²) in [6, 6.07) is 17.0. The molecule has 2 bridgehead atoms. The van der Waals surface area contributed by atoms with Gasteiger partial charge in [0.1, 0.15) is 17.4 Å². The molecule has 0 aromatic heterocycles. The molecule has 0 spiro atoms. The molecule has 3 amide bonds. The average molecular weight is 486 g/mol. The summed E-state index contributed by atoms with van der Waals surface area (Å²) in [5.74, 6) is 0.557. The zero-order valence-electron chi connectivity index (χ0n) is 20.3.